The third kappa shape index (κ3) is 2.18. The van der Waals surface area contributed by atoms with Crippen LogP contribution in [0.5, 0.6) is 0 Å². The van der Waals surface area contributed by atoms with Gasteiger partial charge in [-0.2, -0.15) is 0 Å². The zero-order chi connectivity index (χ0) is 12.7. The Bertz CT molecular complexity index is 441. The molecule has 18 heavy (non-hydrogen) atoms. The number of hydrogen-bond acceptors (Lipinski definition) is 2. The Morgan fingerprint density at radius 2 is 2.11 bits per heavy atom. The Hall–Kier alpha value is -0.890. The lowest BCUT2D eigenvalue weighted by Gasteiger charge is -2.25. The molecule has 0 saturated heterocycles. The normalized spacial score (nSPS) is 31.8. The van der Waals surface area contributed by atoms with E-state index in [1.165, 1.54) is 31.2 Å². The highest BCUT2D eigenvalue weighted by atomic mass is 14.7. The smallest absolute Gasteiger partial charge is 0.0423 e. The van der Waals surface area contributed by atoms with Gasteiger partial charge in [0.05, 0.1) is 0 Å². The molecule has 2 aliphatic carbocycles. The predicted molar refractivity (Wildman–Crippen MR) is 74.2 cm³/mol. The largest absolute Gasteiger partial charge is 0.324 e. The number of aryl methyl sites for hydroxylation is 2. The quantitative estimate of drug-likeness (QED) is 0.883. The Morgan fingerprint density at radius 1 is 1.28 bits per heavy atom. The number of fused-ring (bicyclic) bond motifs is 2. The van der Waals surface area contributed by atoms with Gasteiger partial charge in [0, 0.05) is 17.4 Å². The molecule has 2 saturated carbocycles. The molecule has 2 fully saturated rings. The van der Waals surface area contributed by atoms with Crippen molar-refractivity contribution in [2.24, 2.45) is 23.5 Å². The number of aromatic nitrogens is 1. The molecule has 0 amide bonds. The minimum absolute atomic E-state index is 0.183. The second-order valence-corrected chi connectivity index (χ2v) is 6.40. The van der Waals surface area contributed by atoms with E-state index in [1.807, 2.05) is 6.92 Å². The summed E-state index contributed by atoms with van der Waals surface area (Å²) >= 11 is 0. The van der Waals surface area contributed by atoms with E-state index in [0.29, 0.717) is 0 Å². The highest BCUT2D eigenvalue weighted by Gasteiger charge is 2.39. The monoisotopic (exact) mass is 244 g/mol. The van der Waals surface area contributed by atoms with Gasteiger partial charge < -0.3 is 5.73 Å². The van der Waals surface area contributed by atoms with E-state index >= 15 is 0 Å². The third-order valence-electron chi connectivity index (χ3n) is 5.11. The van der Waals surface area contributed by atoms with Crippen molar-refractivity contribution in [1.82, 2.24) is 4.98 Å². The third-order valence-corrected chi connectivity index (χ3v) is 5.11. The molecule has 98 valence electrons. The summed E-state index contributed by atoms with van der Waals surface area (Å²) in [5.74, 6) is 2.86. The van der Waals surface area contributed by atoms with Gasteiger partial charge >= 0.3 is 0 Å². The second kappa shape index (κ2) is 4.65. The van der Waals surface area contributed by atoms with Crippen LogP contribution in [-0.2, 0) is 0 Å². The van der Waals surface area contributed by atoms with Crippen LogP contribution in [-0.4, -0.2) is 4.98 Å². The van der Waals surface area contributed by atoms with Crippen molar-refractivity contribution < 1.29 is 0 Å². The van der Waals surface area contributed by atoms with Crippen LogP contribution >= 0.6 is 0 Å². The fraction of sp³-hybridized carbons (Fsp3) is 0.688. The number of nitrogens with zero attached hydrogens (tertiary/aromatic N) is 1. The molecule has 4 atom stereocenters. The zero-order valence-electron chi connectivity index (χ0n) is 11.5. The van der Waals surface area contributed by atoms with Crippen LogP contribution in [0, 0.1) is 31.6 Å². The van der Waals surface area contributed by atoms with E-state index in [-0.39, 0.29) is 6.04 Å². The van der Waals surface area contributed by atoms with Gasteiger partial charge in [-0.3, -0.25) is 4.98 Å². The van der Waals surface area contributed by atoms with Gasteiger partial charge in [-0.15, -0.1) is 0 Å². The van der Waals surface area contributed by atoms with E-state index in [0.717, 1.165) is 35.6 Å². The molecule has 1 aromatic rings. The van der Waals surface area contributed by atoms with Gasteiger partial charge in [-0.25, -0.2) is 0 Å². The second-order valence-electron chi connectivity index (χ2n) is 6.40. The molecule has 0 aliphatic heterocycles. The number of hydrogen-bond donors (Lipinski definition) is 1. The molecule has 2 N–H and O–H groups in total. The van der Waals surface area contributed by atoms with E-state index in [2.05, 4.69) is 24.0 Å². The number of rotatable bonds is 3. The van der Waals surface area contributed by atoms with Gasteiger partial charge in [-0.05, 0) is 68.9 Å². The lowest BCUT2D eigenvalue weighted by Crippen LogP contribution is -2.20. The minimum atomic E-state index is 0.183. The van der Waals surface area contributed by atoms with Crippen molar-refractivity contribution in [1.29, 1.82) is 0 Å². The molecule has 0 spiro atoms. The van der Waals surface area contributed by atoms with Crippen molar-refractivity contribution in [3.05, 3.63) is 29.1 Å². The zero-order valence-corrected chi connectivity index (χ0v) is 11.5. The SMILES string of the molecule is Cc1ccc(C(N)CC2CC3CCC2C3)c(C)n1. The Labute approximate surface area is 110 Å². The van der Waals surface area contributed by atoms with Gasteiger partial charge in [0.25, 0.3) is 0 Å². The molecule has 3 rings (SSSR count). The summed E-state index contributed by atoms with van der Waals surface area (Å²) in [6, 6.07) is 4.45. The molecule has 0 radical (unpaired) electrons. The fourth-order valence-electron chi connectivity index (χ4n) is 4.21. The van der Waals surface area contributed by atoms with E-state index in [9.17, 15) is 0 Å². The minimum Gasteiger partial charge on any atom is -0.324 e. The fourth-order valence-corrected chi connectivity index (χ4v) is 4.21. The first-order valence-corrected chi connectivity index (χ1v) is 7.33. The van der Waals surface area contributed by atoms with Crippen LogP contribution in [0.15, 0.2) is 12.1 Å². The topological polar surface area (TPSA) is 38.9 Å². The molecular formula is C16H24N2. The Balaban J connectivity index is 1.69. The number of nitrogens with two attached hydrogens (primary N) is 1. The van der Waals surface area contributed by atoms with Gasteiger partial charge in [0.2, 0.25) is 0 Å². The van der Waals surface area contributed by atoms with Crippen molar-refractivity contribution in [2.45, 2.75) is 52.0 Å². The molecule has 1 aromatic heterocycles. The summed E-state index contributed by atoms with van der Waals surface area (Å²) < 4.78 is 0. The molecular weight excluding hydrogens is 220 g/mol. The van der Waals surface area contributed by atoms with E-state index in [1.54, 1.807) is 0 Å². The lowest BCUT2D eigenvalue weighted by molar-refractivity contribution is 0.295. The molecule has 4 unspecified atom stereocenters. The van der Waals surface area contributed by atoms with Gasteiger partial charge in [0.1, 0.15) is 0 Å². The van der Waals surface area contributed by atoms with Gasteiger partial charge in [0.15, 0.2) is 0 Å². The lowest BCUT2D eigenvalue weighted by atomic mass is 9.83. The van der Waals surface area contributed by atoms with E-state index in [4.69, 9.17) is 5.73 Å². The highest BCUT2D eigenvalue weighted by molar-refractivity contribution is 5.25. The van der Waals surface area contributed by atoms with Crippen molar-refractivity contribution in [3.63, 3.8) is 0 Å². The van der Waals surface area contributed by atoms with Crippen LogP contribution in [0.1, 0.15) is 55.1 Å². The molecule has 2 heteroatoms. The summed E-state index contributed by atoms with van der Waals surface area (Å²) in [4.78, 5) is 4.54. The maximum absolute atomic E-state index is 6.42. The maximum atomic E-state index is 6.42. The summed E-state index contributed by atoms with van der Waals surface area (Å²) in [6.07, 6.45) is 6.99. The maximum Gasteiger partial charge on any atom is 0.0423 e. The molecule has 2 bridgehead atoms. The Morgan fingerprint density at radius 3 is 2.72 bits per heavy atom. The molecule has 2 aliphatic rings. The van der Waals surface area contributed by atoms with Crippen molar-refractivity contribution in [2.75, 3.05) is 0 Å². The average Bonchev–Trinajstić information content (AvgIpc) is 2.90. The standard InChI is InChI=1S/C16H24N2/c1-10-3-6-15(11(2)18-10)16(17)9-14-8-12-4-5-13(14)7-12/h3,6,12-14,16H,4-5,7-9,17H2,1-2H3. The van der Waals surface area contributed by atoms with Gasteiger partial charge in [-0.1, -0.05) is 12.5 Å². The van der Waals surface area contributed by atoms with Crippen LogP contribution in [0.2, 0.25) is 0 Å². The summed E-state index contributed by atoms with van der Waals surface area (Å²) in [5, 5.41) is 0. The molecule has 2 nitrogen and oxygen atoms in total. The average molecular weight is 244 g/mol. The van der Waals surface area contributed by atoms with Crippen LogP contribution in [0.3, 0.4) is 0 Å². The van der Waals surface area contributed by atoms with Crippen LogP contribution in [0.25, 0.3) is 0 Å². The predicted octanol–water partition coefficient (Wildman–Crippen LogP) is 3.52. The number of pyridine rings is 1. The van der Waals surface area contributed by atoms with Crippen molar-refractivity contribution >= 4 is 0 Å². The van der Waals surface area contributed by atoms with Crippen molar-refractivity contribution in [3.8, 4) is 0 Å². The summed E-state index contributed by atoms with van der Waals surface area (Å²) in [7, 11) is 0. The van der Waals surface area contributed by atoms with Crippen LogP contribution < -0.4 is 5.73 Å². The molecule has 0 aromatic carbocycles. The summed E-state index contributed by atoms with van der Waals surface area (Å²) in [5.41, 5.74) is 9.87. The first-order valence-electron chi connectivity index (χ1n) is 7.33. The van der Waals surface area contributed by atoms with E-state index < -0.39 is 0 Å². The van der Waals surface area contributed by atoms with Crippen LogP contribution in [0.4, 0.5) is 0 Å². The Kier molecular flexibility index (Phi) is 3.14. The molecule has 1 heterocycles. The highest BCUT2D eigenvalue weighted by Crippen LogP contribution is 2.50. The first-order chi connectivity index (χ1) is 8.63. The summed E-state index contributed by atoms with van der Waals surface area (Å²) in [6.45, 7) is 4.13. The first kappa shape index (κ1) is 12.2.